The number of amides is 2. The highest BCUT2D eigenvalue weighted by molar-refractivity contribution is 5.89. The molecular weight excluding hydrogens is 414 g/mol. The molecule has 33 heavy (non-hydrogen) atoms. The van der Waals surface area contributed by atoms with Gasteiger partial charge in [-0.05, 0) is 57.0 Å². The number of imidazole rings is 1. The van der Waals surface area contributed by atoms with Crippen LogP contribution >= 0.6 is 0 Å². The van der Waals surface area contributed by atoms with Crippen LogP contribution in [0.4, 0.5) is 10.5 Å². The zero-order valence-electron chi connectivity index (χ0n) is 18.9. The standard InChI is InChI=1S/C26H27N5O2/c1-3-30-22-8-5-4-7-21(22)29-25(30)23-9-6-16-31(23)26(32)28-19-12-15-24(27-17-19)33-20-13-10-18(2)11-14-20/h4-5,7-8,10-15,17,23H,3,6,9,16H2,1-2H3,(H,28,32). The predicted molar refractivity (Wildman–Crippen MR) is 129 cm³/mol. The number of carbonyl (C=O) groups is 1. The van der Waals surface area contributed by atoms with E-state index in [2.05, 4.69) is 27.9 Å². The van der Waals surface area contributed by atoms with Crippen LogP contribution in [0, 0.1) is 6.92 Å². The number of aryl methyl sites for hydroxylation is 2. The van der Waals surface area contributed by atoms with Gasteiger partial charge in [-0.15, -0.1) is 0 Å². The van der Waals surface area contributed by atoms with Gasteiger partial charge in [-0.25, -0.2) is 14.8 Å². The van der Waals surface area contributed by atoms with E-state index in [-0.39, 0.29) is 12.1 Å². The van der Waals surface area contributed by atoms with Crippen molar-refractivity contribution >= 4 is 22.8 Å². The van der Waals surface area contributed by atoms with Crippen molar-refractivity contribution in [2.75, 3.05) is 11.9 Å². The van der Waals surface area contributed by atoms with Gasteiger partial charge in [0.1, 0.15) is 11.6 Å². The summed E-state index contributed by atoms with van der Waals surface area (Å²) in [6, 6.07) is 19.3. The molecule has 0 bridgehead atoms. The molecule has 1 unspecified atom stereocenters. The van der Waals surface area contributed by atoms with Gasteiger partial charge in [0.05, 0.1) is 29.0 Å². The summed E-state index contributed by atoms with van der Waals surface area (Å²) in [6.07, 6.45) is 3.47. The molecule has 0 aliphatic carbocycles. The zero-order chi connectivity index (χ0) is 22.8. The minimum atomic E-state index is -0.138. The maximum Gasteiger partial charge on any atom is 0.322 e. The molecular formula is C26H27N5O2. The second kappa shape index (κ2) is 8.94. The van der Waals surface area contributed by atoms with Crippen LogP contribution in [0.3, 0.4) is 0 Å². The molecule has 0 saturated carbocycles. The predicted octanol–water partition coefficient (Wildman–Crippen LogP) is 5.92. The number of hydrogen-bond donors (Lipinski definition) is 1. The molecule has 0 spiro atoms. The Morgan fingerprint density at radius 2 is 1.94 bits per heavy atom. The summed E-state index contributed by atoms with van der Waals surface area (Å²) in [6.45, 7) is 5.66. The van der Waals surface area contributed by atoms with Crippen molar-refractivity contribution in [1.29, 1.82) is 0 Å². The lowest BCUT2D eigenvalue weighted by molar-refractivity contribution is 0.204. The third-order valence-electron chi connectivity index (χ3n) is 6.04. The van der Waals surface area contributed by atoms with Crippen LogP contribution in [0.2, 0.25) is 0 Å². The highest BCUT2D eigenvalue weighted by atomic mass is 16.5. The zero-order valence-corrected chi connectivity index (χ0v) is 18.9. The topological polar surface area (TPSA) is 72.3 Å². The third-order valence-corrected chi connectivity index (χ3v) is 6.04. The molecule has 1 saturated heterocycles. The SMILES string of the molecule is CCn1c(C2CCCN2C(=O)Nc2ccc(Oc3ccc(C)cc3)nc2)nc2ccccc21. The second-order valence-corrected chi connectivity index (χ2v) is 8.28. The van der Waals surface area contributed by atoms with Gasteiger partial charge in [0.2, 0.25) is 5.88 Å². The van der Waals surface area contributed by atoms with Gasteiger partial charge < -0.3 is 19.5 Å². The number of benzene rings is 2. The van der Waals surface area contributed by atoms with E-state index in [0.29, 0.717) is 18.1 Å². The fraction of sp³-hybridized carbons (Fsp3) is 0.269. The van der Waals surface area contributed by atoms with Crippen molar-refractivity contribution in [3.05, 3.63) is 78.2 Å². The summed E-state index contributed by atoms with van der Waals surface area (Å²) in [4.78, 5) is 24.2. The Labute approximate surface area is 193 Å². The van der Waals surface area contributed by atoms with Crippen molar-refractivity contribution < 1.29 is 9.53 Å². The monoisotopic (exact) mass is 441 g/mol. The molecule has 1 N–H and O–H groups in total. The van der Waals surface area contributed by atoms with Crippen molar-refractivity contribution in [2.24, 2.45) is 0 Å². The van der Waals surface area contributed by atoms with E-state index in [1.807, 2.05) is 54.3 Å². The summed E-state index contributed by atoms with van der Waals surface area (Å²) < 4.78 is 7.99. The highest BCUT2D eigenvalue weighted by Crippen LogP contribution is 2.34. The number of pyridine rings is 1. The van der Waals surface area contributed by atoms with Gasteiger partial charge >= 0.3 is 6.03 Å². The number of nitrogens with one attached hydrogen (secondary N) is 1. The number of fused-ring (bicyclic) bond motifs is 1. The number of para-hydroxylation sites is 2. The highest BCUT2D eigenvalue weighted by Gasteiger charge is 2.33. The summed E-state index contributed by atoms with van der Waals surface area (Å²) in [5.41, 5.74) is 3.87. The first-order valence-electron chi connectivity index (χ1n) is 11.4. The van der Waals surface area contributed by atoms with E-state index in [0.717, 1.165) is 42.0 Å². The molecule has 4 aromatic rings. The van der Waals surface area contributed by atoms with Crippen LogP contribution in [-0.4, -0.2) is 32.0 Å². The molecule has 2 aromatic carbocycles. The van der Waals surface area contributed by atoms with E-state index < -0.39 is 0 Å². The number of rotatable bonds is 5. The Balaban J connectivity index is 1.30. The van der Waals surface area contributed by atoms with Crippen molar-refractivity contribution in [2.45, 2.75) is 39.3 Å². The van der Waals surface area contributed by atoms with E-state index in [9.17, 15) is 4.79 Å². The van der Waals surface area contributed by atoms with Crippen LogP contribution in [0.1, 0.15) is 37.2 Å². The Bertz CT molecular complexity index is 1260. The molecule has 1 aliphatic rings. The first-order chi connectivity index (χ1) is 16.1. The second-order valence-electron chi connectivity index (χ2n) is 8.28. The summed E-state index contributed by atoms with van der Waals surface area (Å²) in [5.74, 6) is 2.16. The van der Waals surface area contributed by atoms with Crippen molar-refractivity contribution in [3.8, 4) is 11.6 Å². The number of anilines is 1. The van der Waals surface area contributed by atoms with E-state index >= 15 is 0 Å². The van der Waals surface area contributed by atoms with Crippen molar-refractivity contribution in [3.63, 3.8) is 0 Å². The van der Waals surface area contributed by atoms with Gasteiger partial charge in [0.15, 0.2) is 0 Å². The molecule has 1 atom stereocenters. The summed E-state index contributed by atoms with van der Waals surface area (Å²) in [7, 11) is 0. The summed E-state index contributed by atoms with van der Waals surface area (Å²) >= 11 is 0. The fourth-order valence-corrected chi connectivity index (χ4v) is 4.40. The molecule has 168 valence electrons. The largest absolute Gasteiger partial charge is 0.439 e. The lowest BCUT2D eigenvalue weighted by Gasteiger charge is -2.25. The Kier molecular flexibility index (Phi) is 5.69. The lowest BCUT2D eigenvalue weighted by atomic mass is 10.2. The molecule has 7 heteroatoms. The van der Waals surface area contributed by atoms with E-state index in [4.69, 9.17) is 9.72 Å². The van der Waals surface area contributed by atoms with Crippen LogP contribution in [0.25, 0.3) is 11.0 Å². The molecule has 7 nitrogen and oxygen atoms in total. The van der Waals surface area contributed by atoms with E-state index in [1.54, 1.807) is 18.3 Å². The number of carbonyl (C=O) groups excluding carboxylic acids is 1. The molecule has 2 amide bonds. The average Bonchev–Trinajstić information content (AvgIpc) is 3.46. The van der Waals surface area contributed by atoms with Gasteiger partial charge in [-0.1, -0.05) is 29.8 Å². The first kappa shape index (κ1) is 21.0. The number of nitrogens with zero attached hydrogens (tertiary/aromatic N) is 4. The van der Waals surface area contributed by atoms with E-state index in [1.165, 1.54) is 5.56 Å². The third kappa shape index (κ3) is 4.26. The molecule has 2 aromatic heterocycles. The smallest absolute Gasteiger partial charge is 0.322 e. The Hall–Kier alpha value is -3.87. The van der Waals surface area contributed by atoms with Crippen LogP contribution in [-0.2, 0) is 6.54 Å². The Morgan fingerprint density at radius 1 is 1.12 bits per heavy atom. The first-order valence-corrected chi connectivity index (χ1v) is 11.4. The van der Waals surface area contributed by atoms with Crippen LogP contribution < -0.4 is 10.1 Å². The number of ether oxygens (including phenoxy) is 1. The van der Waals surface area contributed by atoms with Gasteiger partial charge in [0, 0.05) is 19.2 Å². The molecule has 0 radical (unpaired) electrons. The van der Waals surface area contributed by atoms with Crippen LogP contribution in [0.15, 0.2) is 66.9 Å². The van der Waals surface area contributed by atoms with Crippen LogP contribution in [0.5, 0.6) is 11.6 Å². The van der Waals surface area contributed by atoms with Crippen molar-refractivity contribution in [1.82, 2.24) is 19.4 Å². The average molecular weight is 442 g/mol. The molecule has 5 rings (SSSR count). The number of urea groups is 1. The Morgan fingerprint density at radius 3 is 2.70 bits per heavy atom. The van der Waals surface area contributed by atoms with Gasteiger partial charge in [-0.2, -0.15) is 0 Å². The number of hydrogen-bond acceptors (Lipinski definition) is 4. The lowest BCUT2D eigenvalue weighted by Crippen LogP contribution is -2.35. The summed E-state index contributed by atoms with van der Waals surface area (Å²) in [5, 5.41) is 2.99. The quantitative estimate of drug-likeness (QED) is 0.417. The minimum absolute atomic E-state index is 0.0468. The maximum absolute atomic E-state index is 13.1. The number of likely N-dealkylation sites (tertiary alicyclic amines) is 1. The normalized spacial score (nSPS) is 15.7. The van der Waals surface area contributed by atoms with Gasteiger partial charge in [0.25, 0.3) is 0 Å². The molecule has 1 aliphatic heterocycles. The fourth-order valence-electron chi connectivity index (χ4n) is 4.40. The van der Waals surface area contributed by atoms with Gasteiger partial charge in [-0.3, -0.25) is 0 Å². The molecule has 3 heterocycles. The minimum Gasteiger partial charge on any atom is -0.439 e. The number of aromatic nitrogens is 3. The maximum atomic E-state index is 13.1. The molecule has 1 fully saturated rings.